The number of piperidine rings is 1. The molecule has 2 aromatic heterocycles. The normalized spacial score (nSPS) is 17.0. The lowest BCUT2D eigenvalue weighted by Crippen LogP contribution is -2.46. The van der Waals surface area contributed by atoms with Crippen molar-refractivity contribution in [1.29, 1.82) is 0 Å². The fraction of sp³-hybridized carbons (Fsp3) is 0.529. The van der Waals surface area contributed by atoms with E-state index in [4.69, 9.17) is 4.74 Å². The highest BCUT2D eigenvalue weighted by Gasteiger charge is 2.25. The Labute approximate surface area is 150 Å². The SMILES string of the molecule is CCn1ccnc(N2CCC(NC(=O)c3cc4n(n3)CCO4)CC2)c1=O. The quantitative estimate of drug-likeness (QED) is 0.842. The van der Waals surface area contributed by atoms with Crippen LogP contribution in [0.25, 0.3) is 0 Å². The summed E-state index contributed by atoms with van der Waals surface area (Å²) in [4.78, 5) is 31.0. The molecule has 0 saturated carbocycles. The summed E-state index contributed by atoms with van der Waals surface area (Å²) < 4.78 is 8.74. The number of hydrogen-bond acceptors (Lipinski definition) is 6. The van der Waals surface area contributed by atoms with Gasteiger partial charge in [0.1, 0.15) is 6.61 Å². The molecule has 2 aliphatic rings. The van der Waals surface area contributed by atoms with Crippen molar-refractivity contribution in [1.82, 2.24) is 24.6 Å². The highest BCUT2D eigenvalue weighted by Crippen LogP contribution is 2.19. The van der Waals surface area contributed by atoms with Crippen LogP contribution in [-0.2, 0) is 13.1 Å². The first-order chi connectivity index (χ1) is 12.7. The van der Waals surface area contributed by atoms with Crippen LogP contribution in [0.2, 0.25) is 0 Å². The zero-order valence-corrected chi connectivity index (χ0v) is 14.7. The lowest BCUT2D eigenvalue weighted by Gasteiger charge is -2.32. The molecule has 4 heterocycles. The van der Waals surface area contributed by atoms with Gasteiger partial charge in [0.2, 0.25) is 5.88 Å². The van der Waals surface area contributed by atoms with Gasteiger partial charge >= 0.3 is 0 Å². The lowest BCUT2D eigenvalue weighted by atomic mass is 10.0. The molecule has 1 saturated heterocycles. The first-order valence-electron chi connectivity index (χ1n) is 8.97. The second-order valence-corrected chi connectivity index (χ2v) is 6.52. The number of rotatable bonds is 4. The van der Waals surface area contributed by atoms with Gasteiger partial charge in [-0.05, 0) is 19.8 Å². The summed E-state index contributed by atoms with van der Waals surface area (Å²) in [5.41, 5.74) is 0.322. The summed E-state index contributed by atoms with van der Waals surface area (Å²) in [5, 5.41) is 7.30. The molecule has 138 valence electrons. The molecule has 0 aromatic carbocycles. The second-order valence-electron chi connectivity index (χ2n) is 6.52. The second kappa shape index (κ2) is 6.81. The van der Waals surface area contributed by atoms with Crippen molar-refractivity contribution >= 4 is 11.7 Å². The molecule has 1 fully saturated rings. The number of hydrogen-bond donors (Lipinski definition) is 1. The van der Waals surface area contributed by atoms with Crippen molar-refractivity contribution in [2.45, 2.75) is 38.9 Å². The monoisotopic (exact) mass is 358 g/mol. The van der Waals surface area contributed by atoms with Gasteiger partial charge in [-0.2, -0.15) is 5.10 Å². The molecule has 0 spiro atoms. The van der Waals surface area contributed by atoms with E-state index in [1.165, 1.54) is 0 Å². The van der Waals surface area contributed by atoms with Gasteiger partial charge < -0.3 is 19.5 Å². The lowest BCUT2D eigenvalue weighted by molar-refractivity contribution is 0.0925. The first kappa shape index (κ1) is 16.6. The number of nitrogens with zero attached hydrogens (tertiary/aromatic N) is 5. The van der Waals surface area contributed by atoms with Gasteiger partial charge in [-0.3, -0.25) is 9.59 Å². The van der Waals surface area contributed by atoms with Crippen molar-refractivity contribution in [2.24, 2.45) is 0 Å². The van der Waals surface area contributed by atoms with Crippen molar-refractivity contribution in [2.75, 3.05) is 24.6 Å². The molecule has 0 unspecified atom stereocenters. The highest BCUT2D eigenvalue weighted by atomic mass is 16.5. The predicted octanol–water partition coefficient (Wildman–Crippen LogP) is 0.251. The van der Waals surface area contributed by atoms with Crippen molar-refractivity contribution in [3.8, 4) is 5.88 Å². The minimum Gasteiger partial charge on any atom is -0.476 e. The summed E-state index contributed by atoms with van der Waals surface area (Å²) in [6.45, 7) is 5.22. The third-order valence-electron chi connectivity index (χ3n) is 4.89. The van der Waals surface area contributed by atoms with Gasteiger partial charge in [0.15, 0.2) is 11.5 Å². The molecule has 9 heteroatoms. The average Bonchev–Trinajstić information content (AvgIpc) is 3.25. The van der Waals surface area contributed by atoms with E-state index in [0.29, 0.717) is 50.2 Å². The van der Waals surface area contributed by atoms with Crippen molar-refractivity contribution < 1.29 is 9.53 Å². The minimum atomic E-state index is -0.180. The number of carbonyl (C=O) groups is 1. The Balaban J connectivity index is 1.36. The summed E-state index contributed by atoms with van der Waals surface area (Å²) in [6.07, 6.45) is 4.88. The Bertz CT molecular complexity index is 844. The number of ether oxygens (including phenoxy) is 1. The average molecular weight is 358 g/mol. The Morgan fingerprint density at radius 2 is 2.15 bits per heavy atom. The van der Waals surface area contributed by atoms with Gasteiger partial charge in [0, 0.05) is 44.1 Å². The molecule has 0 aliphatic carbocycles. The predicted molar refractivity (Wildman–Crippen MR) is 94.6 cm³/mol. The molecular formula is C17H22N6O3. The molecule has 0 radical (unpaired) electrons. The zero-order chi connectivity index (χ0) is 18.1. The fourth-order valence-corrected chi connectivity index (χ4v) is 3.42. The van der Waals surface area contributed by atoms with Crippen LogP contribution < -0.4 is 20.5 Å². The number of carbonyl (C=O) groups excluding carboxylic acids is 1. The number of anilines is 1. The van der Waals surface area contributed by atoms with E-state index in [1.807, 2.05) is 11.8 Å². The van der Waals surface area contributed by atoms with Crippen molar-refractivity contribution in [3.63, 3.8) is 0 Å². The number of aryl methyl sites for hydroxylation is 1. The molecule has 0 atom stereocenters. The molecule has 26 heavy (non-hydrogen) atoms. The van der Waals surface area contributed by atoms with E-state index >= 15 is 0 Å². The summed E-state index contributed by atoms with van der Waals surface area (Å²) in [7, 11) is 0. The number of nitrogens with one attached hydrogen (secondary N) is 1. The maximum atomic E-state index is 12.4. The standard InChI is InChI=1S/C17H22N6O3/c1-2-21-8-5-18-15(17(21)25)22-6-3-12(4-7-22)19-16(24)13-11-14-23(20-13)9-10-26-14/h5,8,11-12H,2-4,6-7,9-10H2,1H3,(H,19,24). The third kappa shape index (κ3) is 3.04. The van der Waals surface area contributed by atoms with E-state index in [2.05, 4.69) is 15.4 Å². The van der Waals surface area contributed by atoms with Crippen molar-refractivity contribution in [3.05, 3.63) is 34.5 Å². The Hall–Kier alpha value is -2.84. The van der Waals surface area contributed by atoms with Crippen LogP contribution in [0.5, 0.6) is 5.88 Å². The van der Waals surface area contributed by atoms with Gasteiger partial charge in [0.05, 0.1) is 6.54 Å². The van der Waals surface area contributed by atoms with Crippen LogP contribution in [0.1, 0.15) is 30.3 Å². The van der Waals surface area contributed by atoms with Crippen LogP contribution >= 0.6 is 0 Å². The number of amides is 1. The van der Waals surface area contributed by atoms with Crippen LogP contribution in [0.4, 0.5) is 5.82 Å². The molecule has 2 aliphatic heterocycles. The molecular weight excluding hydrogens is 336 g/mol. The molecule has 1 N–H and O–H groups in total. The van der Waals surface area contributed by atoms with E-state index < -0.39 is 0 Å². The Morgan fingerprint density at radius 3 is 2.88 bits per heavy atom. The van der Waals surface area contributed by atoms with E-state index in [9.17, 15) is 9.59 Å². The topological polar surface area (TPSA) is 94.3 Å². The molecule has 9 nitrogen and oxygen atoms in total. The van der Waals surface area contributed by atoms with Gasteiger partial charge in [-0.25, -0.2) is 9.67 Å². The minimum absolute atomic E-state index is 0.0633. The number of aromatic nitrogens is 4. The Morgan fingerprint density at radius 1 is 1.35 bits per heavy atom. The van der Waals surface area contributed by atoms with Crippen LogP contribution in [0.15, 0.2) is 23.3 Å². The molecule has 4 rings (SSSR count). The fourth-order valence-electron chi connectivity index (χ4n) is 3.42. The van der Waals surface area contributed by atoms with Gasteiger partial charge in [0.25, 0.3) is 11.5 Å². The first-order valence-corrected chi connectivity index (χ1v) is 8.97. The molecule has 2 aromatic rings. The highest BCUT2D eigenvalue weighted by molar-refractivity contribution is 5.92. The zero-order valence-electron chi connectivity index (χ0n) is 14.7. The van der Waals surface area contributed by atoms with Crippen LogP contribution in [0.3, 0.4) is 0 Å². The summed E-state index contributed by atoms with van der Waals surface area (Å²) >= 11 is 0. The van der Waals surface area contributed by atoms with Crippen LogP contribution in [-0.4, -0.2) is 51.0 Å². The maximum absolute atomic E-state index is 12.4. The third-order valence-corrected chi connectivity index (χ3v) is 4.89. The summed E-state index contributed by atoms with van der Waals surface area (Å²) in [6, 6.07) is 1.74. The number of fused-ring (bicyclic) bond motifs is 1. The smallest absolute Gasteiger partial charge is 0.293 e. The summed E-state index contributed by atoms with van der Waals surface area (Å²) in [5.74, 6) is 0.953. The van der Waals surface area contributed by atoms with Gasteiger partial charge in [-0.15, -0.1) is 0 Å². The largest absolute Gasteiger partial charge is 0.476 e. The maximum Gasteiger partial charge on any atom is 0.293 e. The van der Waals surface area contributed by atoms with Gasteiger partial charge in [-0.1, -0.05) is 0 Å². The molecule has 0 bridgehead atoms. The Kier molecular flexibility index (Phi) is 4.36. The van der Waals surface area contributed by atoms with Crippen LogP contribution in [0, 0.1) is 0 Å². The van der Waals surface area contributed by atoms with E-state index in [1.54, 1.807) is 27.7 Å². The molecule has 1 amide bonds. The van der Waals surface area contributed by atoms with E-state index in [0.717, 1.165) is 12.8 Å². The van der Waals surface area contributed by atoms with E-state index in [-0.39, 0.29) is 17.5 Å².